The van der Waals surface area contributed by atoms with Crippen molar-refractivity contribution in [2.24, 2.45) is 0 Å². The van der Waals surface area contributed by atoms with E-state index in [2.05, 4.69) is 42.3 Å². The minimum absolute atomic E-state index is 0.00660. The number of aromatic nitrogens is 5. The normalized spacial score (nSPS) is 15.7. The number of hydrogen-bond donors (Lipinski definition) is 4. The summed E-state index contributed by atoms with van der Waals surface area (Å²) in [5, 5.41) is 11.7. The predicted molar refractivity (Wildman–Crippen MR) is 145 cm³/mol. The molecule has 3 aromatic heterocycles. The summed E-state index contributed by atoms with van der Waals surface area (Å²) in [5.41, 5.74) is 7.10. The highest BCUT2D eigenvalue weighted by Gasteiger charge is 2.21. The second-order valence-corrected chi connectivity index (χ2v) is 11.3. The molecule has 4 N–H and O–H groups in total. The van der Waals surface area contributed by atoms with Crippen molar-refractivity contribution in [3.05, 3.63) is 88.7 Å². The van der Waals surface area contributed by atoms with Gasteiger partial charge in [0.25, 0.3) is 0 Å². The van der Waals surface area contributed by atoms with Gasteiger partial charge in [-0.05, 0) is 59.5 Å². The van der Waals surface area contributed by atoms with Crippen LogP contribution in [0.15, 0.2) is 54.8 Å². The van der Waals surface area contributed by atoms with Gasteiger partial charge in [0.15, 0.2) is 11.5 Å². The van der Waals surface area contributed by atoms with Gasteiger partial charge in [-0.15, -0.1) is 0 Å². The van der Waals surface area contributed by atoms with Gasteiger partial charge in [0, 0.05) is 37.0 Å². The molecule has 0 spiro atoms. The van der Waals surface area contributed by atoms with E-state index in [4.69, 9.17) is 4.98 Å². The molecule has 4 aromatic rings. The molecule has 0 saturated heterocycles. The Hall–Kier alpha value is -3.93. The molecule has 0 bridgehead atoms. The minimum Gasteiger partial charge on any atom is -0.340 e. The van der Waals surface area contributed by atoms with Crippen molar-refractivity contribution in [1.82, 2.24) is 35.2 Å². The van der Waals surface area contributed by atoms with Crippen LogP contribution in [0, 0.1) is 5.82 Å². The van der Waals surface area contributed by atoms with Crippen LogP contribution in [-0.4, -0.2) is 52.9 Å². The molecule has 1 aliphatic carbocycles. The monoisotopic (exact) mass is 531 g/mol. The second kappa shape index (κ2) is 9.75. The zero-order valence-electron chi connectivity index (χ0n) is 20.7. The Morgan fingerprint density at radius 2 is 2.05 bits per heavy atom. The van der Waals surface area contributed by atoms with E-state index in [0.29, 0.717) is 34.7 Å². The van der Waals surface area contributed by atoms with Crippen LogP contribution in [0.1, 0.15) is 34.5 Å². The third kappa shape index (κ3) is 4.95. The molecule has 4 heterocycles. The molecule has 9 nitrogen and oxygen atoms in total. The third-order valence-electron chi connectivity index (χ3n) is 6.64. The van der Waals surface area contributed by atoms with Gasteiger partial charge in [-0.2, -0.15) is 5.10 Å². The zero-order chi connectivity index (χ0) is 26.3. The van der Waals surface area contributed by atoms with E-state index in [1.54, 1.807) is 6.07 Å². The van der Waals surface area contributed by atoms with E-state index in [0.717, 1.165) is 53.7 Å². The van der Waals surface area contributed by atoms with Crippen LogP contribution in [0.2, 0.25) is 0 Å². The number of imidazole rings is 1. The second-order valence-electron chi connectivity index (χ2n) is 9.44. The fraction of sp³-hybridized carbons (Fsp3) is 0.222. The first-order valence-corrected chi connectivity index (χ1v) is 14.2. The number of nitrogens with one attached hydrogen (secondary N) is 4. The molecular weight excluding hydrogens is 505 g/mol. The lowest BCUT2D eigenvalue weighted by Crippen LogP contribution is -2.21. The van der Waals surface area contributed by atoms with Crippen LogP contribution in [0.5, 0.6) is 0 Å². The lowest BCUT2D eigenvalue weighted by Gasteiger charge is -2.13. The van der Waals surface area contributed by atoms with Gasteiger partial charge < -0.3 is 10.3 Å². The van der Waals surface area contributed by atoms with Gasteiger partial charge in [0.1, 0.15) is 11.5 Å². The Balaban J connectivity index is 1.39. The molecule has 11 heteroatoms. The Labute approximate surface area is 219 Å². The summed E-state index contributed by atoms with van der Waals surface area (Å²) in [6.07, 6.45) is 12.5. The SMILES string of the molecule is CS(=O)(=O)NCc1cc(F)cc(C2=CC=CCc3[nH]c(-c4[nH]nc5ncc(C6=CCNCC6)cc45)nc32)c1. The van der Waals surface area contributed by atoms with Crippen molar-refractivity contribution < 1.29 is 12.8 Å². The maximum Gasteiger partial charge on any atom is 0.209 e. The number of aromatic amines is 2. The summed E-state index contributed by atoms with van der Waals surface area (Å²) in [6, 6.07) is 6.63. The van der Waals surface area contributed by atoms with E-state index in [9.17, 15) is 12.8 Å². The number of rotatable bonds is 6. The van der Waals surface area contributed by atoms with Crippen molar-refractivity contribution in [3.8, 4) is 11.5 Å². The van der Waals surface area contributed by atoms with Crippen LogP contribution < -0.4 is 10.0 Å². The Morgan fingerprint density at radius 1 is 1.16 bits per heavy atom. The lowest BCUT2D eigenvalue weighted by atomic mass is 9.99. The lowest BCUT2D eigenvalue weighted by molar-refractivity contribution is 0.586. The van der Waals surface area contributed by atoms with E-state index < -0.39 is 15.8 Å². The molecule has 6 rings (SSSR count). The van der Waals surface area contributed by atoms with Gasteiger partial charge in [0.05, 0.1) is 17.3 Å². The largest absolute Gasteiger partial charge is 0.340 e. The summed E-state index contributed by atoms with van der Waals surface area (Å²) in [7, 11) is -3.41. The maximum atomic E-state index is 14.6. The number of pyridine rings is 1. The number of H-pyrrole nitrogens is 2. The van der Waals surface area contributed by atoms with Crippen molar-refractivity contribution in [3.63, 3.8) is 0 Å². The van der Waals surface area contributed by atoms with Crippen LogP contribution in [-0.2, 0) is 23.0 Å². The van der Waals surface area contributed by atoms with Crippen LogP contribution in [0.4, 0.5) is 4.39 Å². The van der Waals surface area contributed by atoms with Gasteiger partial charge in [-0.3, -0.25) is 5.10 Å². The average molecular weight is 532 g/mol. The third-order valence-corrected chi connectivity index (χ3v) is 7.31. The van der Waals surface area contributed by atoms with Crippen LogP contribution in [0.3, 0.4) is 0 Å². The molecule has 1 aliphatic heterocycles. The number of allylic oxidation sites excluding steroid dienone is 3. The van der Waals surface area contributed by atoms with Crippen molar-refractivity contribution >= 4 is 32.2 Å². The van der Waals surface area contributed by atoms with Crippen LogP contribution in [0.25, 0.3) is 33.7 Å². The fourth-order valence-corrected chi connectivity index (χ4v) is 5.25. The fourth-order valence-electron chi connectivity index (χ4n) is 4.82. The highest BCUT2D eigenvalue weighted by atomic mass is 32.2. The summed E-state index contributed by atoms with van der Waals surface area (Å²) >= 11 is 0. The number of hydrogen-bond acceptors (Lipinski definition) is 6. The Morgan fingerprint density at radius 3 is 2.87 bits per heavy atom. The van der Waals surface area contributed by atoms with Gasteiger partial charge in [-0.1, -0.05) is 24.3 Å². The van der Waals surface area contributed by atoms with Gasteiger partial charge >= 0.3 is 0 Å². The zero-order valence-corrected chi connectivity index (χ0v) is 21.5. The predicted octanol–water partition coefficient (Wildman–Crippen LogP) is 3.46. The van der Waals surface area contributed by atoms with Crippen molar-refractivity contribution in [1.29, 1.82) is 0 Å². The molecule has 0 atom stereocenters. The van der Waals surface area contributed by atoms with Crippen molar-refractivity contribution in [2.75, 3.05) is 19.3 Å². The molecule has 0 radical (unpaired) electrons. The number of sulfonamides is 1. The first-order chi connectivity index (χ1) is 18.3. The van der Waals surface area contributed by atoms with Crippen LogP contribution >= 0.6 is 0 Å². The smallest absolute Gasteiger partial charge is 0.209 e. The molecule has 0 fully saturated rings. The number of fused-ring (bicyclic) bond motifs is 2. The molecule has 0 saturated carbocycles. The molecule has 1 aromatic carbocycles. The van der Waals surface area contributed by atoms with E-state index in [-0.39, 0.29) is 6.54 Å². The number of halogens is 1. The topological polar surface area (TPSA) is 128 Å². The summed E-state index contributed by atoms with van der Waals surface area (Å²) in [4.78, 5) is 12.9. The molecular formula is C27H26FN7O2S. The maximum absolute atomic E-state index is 14.6. The number of nitrogens with zero attached hydrogens (tertiary/aromatic N) is 3. The number of benzene rings is 1. The van der Waals surface area contributed by atoms with E-state index in [1.165, 1.54) is 17.7 Å². The summed E-state index contributed by atoms with van der Waals surface area (Å²) in [6.45, 7) is 1.76. The average Bonchev–Trinajstić information content (AvgIpc) is 3.46. The molecule has 0 unspecified atom stereocenters. The van der Waals surface area contributed by atoms with E-state index >= 15 is 0 Å². The summed E-state index contributed by atoms with van der Waals surface area (Å²) in [5.74, 6) is 0.164. The first kappa shape index (κ1) is 24.4. The van der Waals surface area contributed by atoms with Gasteiger partial charge in [0.2, 0.25) is 10.0 Å². The molecule has 2 aliphatic rings. The summed E-state index contributed by atoms with van der Waals surface area (Å²) < 4.78 is 40.1. The van der Waals surface area contributed by atoms with Crippen molar-refractivity contribution in [2.45, 2.75) is 19.4 Å². The standard InChI is InChI=1S/C27H26FN7O2S/c1-38(36,37)31-14-16-10-18(12-20(28)11-16)21-4-2-3-5-23-24(21)33-27(32-23)25-22-13-19(15-30-26(22)35-34-25)17-6-8-29-9-7-17/h2-4,6,10-13,15,29,31H,5,7-9,14H2,1H3,(H,32,33)(H,30,34,35). The van der Waals surface area contributed by atoms with E-state index in [1.807, 2.05) is 24.4 Å². The minimum atomic E-state index is -3.41. The highest BCUT2D eigenvalue weighted by Crippen LogP contribution is 2.33. The first-order valence-electron chi connectivity index (χ1n) is 12.3. The van der Waals surface area contributed by atoms with Gasteiger partial charge in [-0.25, -0.2) is 27.5 Å². The molecule has 0 amide bonds. The molecule has 38 heavy (non-hydrogen) atoms. The highest BCUT2D eigenvalue weighted by molar-refractivity contribution is 7.88. The molecule has 194 valence electrons. The Bertz CT molecular complexity index is 1750. The Kier molecular flexibility index (Phi) is 6.26. The quantitative estimate of drug-likeness (QED) is 0.302.